The number of likely N-dealkylation sites (tertiary alicyclic amines) is 1. The van der Waals surface area contributed by atoms with E-state index in [-0.39, 0.29) is 5.97 Å². The average molecular weight is 183 g/mol. The number of allylic oxidation sites excluding steroid dienone is 1. The van der Waals surface area contributed by atoms with E-state index >= 15 is 0 Å². The molecular formula is C10H17NO2. The molecule has 1 aliphatic heterocycles. The summed E-state index contributed by atoms with van der Waals surface area (Å²) < 4.78 is 4.53. The average Bonchev–Trinajstić information content (AvgIpc) is 2.16. The highest BCUT2D eigenvalue weighted by atomic mass is 16.5. The third kappa shape index (κ3) is 3.59. The largest absolute Gasteiger partial charge is 0.466 e. The number of nitrogens with zero attached hydrogens (tertiary/aromatic N) is 1. The summed E-state index contributed by atoms with van der Waals surface area (Å²) in [6.45, 7) is 2.24. The van der Waals surface area contributed by atoms with Crippen molar-refractivity contribution in [2.24, 2.45) is 5.92 Å². The summed E-state index contributed by atoms with van der Waals surface area (Å²) in [6, 6.07) is 0. The summed E-state index contributed by atoms with van der Waals surface area (Å²) >= 11 is 0. The van der Waals surface area contributed by atoms with Crippen LogP contribution in [0, 0.1) is 5.92 Å². The van der Waals surface area contributed by atoms with Gasteiger partial charge in [0.25, 0.3) is 0 Å². The molecule has 1 saturated heterocycles. The number of carbonyl (C=O) groups excluding carboxylic acids is 1. The Labute approximate surface area is 79.4 Å². The van der Waals surface area contributed by atoms with E-state index in [0.29, 0.717) is 5.92 Å². The van der Waals surface area contributed by atoms with Gasteiger partial charge in [0.1, 0.15) is 0 Å². The van der Waals surface area contributed by atoms with Crippen LogP contribution in [-0.4, -0.2) is 38.1 Å². The third-order valence-electron chi connectivity index (χ3n) is 2.47. The molecule has 3 nitrogen and oxygen atoms in total. The van der Waals surface area contributed by atoms with Crippen LogP contribution in [0.5, 0.6) is 0 Å². The van der Waals surface area contributed by atoms with Gasteiger partial charge in [0.2, 0.25) is 0 Å². The molecule has 3 heteroatoms. The van der Waals surface area contributed by atoms with Gasteiger partial charge in [-0.3, -0.25) is 0 Å². The van der Waals surface area contributed by atoms with Crippen molar-refractivity contribution in [3.63, 3.8) is 0 Å². The summed E-state index contributed by atoms with van der Waals surface area (Å²) in [5.74, 6) is 0.300. The first-order chi connectivity index (χ1) is 6.22. The van der Waals surface area contributed by atoms with Gasteiger partial charge in [0, 0.05) is 6.08 Å². The van der Waals surface area contributed by atoms with Crippen molar-refractivity contribution >= 4 is 5.97 Å². The highest BCUT2D eigenvalue weighted by Gasteiger charge is 2.13. The van der Waals surface area contributed by atoms with Gasteiger partial charge < -0.3 is 9.64 Å². The highest BCUT2D eigenvalue weighted by Crippen LogP contribution is 2.16. The fourth-order valence-corrected chi connectivity index (χ4v) is 1.50. The number of hydrogen-bond donors (Lipinski definition) is 0. The normalized spacial score (nSPS) is 20.8. The summed E-state index contributed by atoms with van der Waals surface area (Å²) in [5, 5.41) is 0. The maximum atomic E-state index is 10.8. The molecule has 1 fully saturated rings. The lowest BCUT2D eigenvalue weighted by molar-refractivity contribution is -0.134. The van der Waals surface area contributed by atoms with Crippen LogP contribution in [0.1, 0.15) is 12.8 Å². The molecule has 0 spiro atoms. The van der Waals surface area contributed by atoms with Crippen LogP contribution < -0.4 is 0 Å². The predicted octanol–water partition coefficient (Wildman–Crippen LogP) is 1.06. The standard InChI is InChI=1S/C10H17NO2/c1-11-7-5-9(6-8-11)3-4-10(12)13-2/h3-4,9H,5-8H2,1-2H3/b4-3-. The van der Waals surface area contributed by atoms with Crippen molar-refractivity contribution in [3.05, 3.63) is 12.2 Å². The van der Waals surface area contributed by atoms with Gasteiger partial charge in [-0.05, 0) is 38.9 Å². The minimum atomic E-state index is -0.251. The smallest absolute Gasteiger partial charge is 0.330 e. The lowest BCUT2D eigenvalue weighted by Crippen LogP contribution is -2.29. The van der Waals surface area contributed by atoms with E-state index in [9.17, 15) is 4.79 Å². The lowest BCUT2D eigenvalue weighted by atomic mass is 9.97. The Hall–Kier alpha value is -0.830. The minimum Gasteiger partial charge on any atom is -0.466 e. The molecule has 0 unspecified atom stereocenters. The van der Waals surface area contributed by atoms with Crippen molar-refractivity contribution in [1.82, 2.24) is 4.90 Å². The molecule has 0 saturated carbocycles. The molecule has 0 atom stereocenters. The first kappa shape index (κ1) is 10.3. The molecule has 0 aliphatic carbocycles. The van der Waals surface area contributed by atoms with Gasteiger partial charge in [-0.2, -0.15) is 0 Å². The second kappa shape index (κ2) is 5.02. The van der Waals surface area contributed by atoms with Crippen LogP contribution in [0.15, 0.2) is 12.2 Å². The van der Waals surface area contributed by atoms with Gasteiger partial charge in [-0.1, -0.05) is 6.08 Å². The van der Waals surface area contributed by atoms with Crippen molar-refractivity contribution in [1.29, 1.82) is 0 Å². The molecule has 0 N–H and O–H groups in total. The van der Waals surface area contributed by atoms with Crippen LogP contribution in [0.3, 0.4) is 0 Å². The molecule has 1 rings (SSSR count). The van der Waals surface area contributed by atoms with Crippen molar-refractivity contribution < 1.29 is 9.53 Å². The van der Waals surface area contributed by atoms with E-state index in [4.69, 9.17) is 0 Å². The SMILES string of the molecule is COC(=O)/C=C\C1CCN(C)CC1. The first-order valence-corrected chi connectivity index (χ1v) is 4.67. The van der Waals surface area contributed by atoms with E-state index in [1.807, 2.05) is 6.08 Å². The monoisotopic (exact) mass is 183 g/mol. The van der Waals surface area contributed by atoms with Crippen molar-refractivity contribution in [3.8, 4) is 0 Å². The molecular weight excluding hydrogens is 166 g/mol. The molecule has 0 bridgehead atoms. The van der Waals surface area contributed by atoms with Crippen LogP contribution in [0.25, 0.3) is 0 Å². The number of rotatable bonds is 2. The molecule has 0 aromatic carbocycles. The highest BCUT2D eigenvalue weighted by molar-refractivity contribution is 5.81. The zero-order valence-corrected chi connectivity index (χ0v) is 8.32. The summed E-state index contributed by atoms with van der Waals surface area (Å²) in [7, 11) is 3.53. The zero-order valence-electron chi connectivity index (χ0n) is 8.32. The van der Waals surface area contributed by atoms with Crippen LogP contribution in [0.4, 0.5) is 0 Å². The quantitative estimate of drug-likeness (QED) is 0.473. The summed E-state index contributed by atoms with van der Waals surface area (Å²) in [4.78, 5) is 13.1. The molecule has 1 aliphatic rings. The van der Waals surface area contributed by atoms with E-state index in [0.717, 1.165) is 25.9 Å². The van der Waals surface area contributed by atoms with Gasteiger partial charge >= 0.3 is 5.97 Å². The second-order valence-corrected chi connectivity index (χ2v) is 3.52. The Morgan fingerprint density at radius 2 is 2.08 bits per heavy atom. The Morgan fingerprint density at radius 1 is 1.46 bits per heavy atom. The maximum absolute atomic E-state index is 10.8. The van der Waals surface area contributed by atoms with Gasteiger partial charge in [0.15, 0.2) is 0 Å². The van der Waals surface area contributed by atoms with Crippen LogP contribution >= 0.6 is 0 Å². The van der Waals surface area contributed by atoms with Gasteiger partial charge in [-0.25, -0.2) is 4.79 Å². The fourth-order valence-electron chi connectivity index (χ4n) is 1.50. The fraction of sp³-hybridized carbons (Fsp3) is 0.700. The maximum Gasteiger partial charge on any atom is 0.330 e. The molecule has 0 aromatic rings. The van der Waals surface area contributed by atoms with E-state index in [1.165, 1.54) is 13.2 Å². The second-order valence-electron chi connectivity index (χ2n) is 3.52. The Morgan fingerprint density at radius 3 is 2.62 bits per heavy atom. The molecule has 0 aromatic heterocycles. The molecule has 0 radical (unpaired) electrons. The number of ether oxygens (including phenoxy) is 1. The number of hydrogen-bond acceptors (Lipinski definition) is 3. The Bertz CT molecular complexity index is 193. The van der Waals surface area contributed by atoms with E-state index in [2.05, 4.69) is 16.7 Å². The van der Waals surface area contributed by atoms with E-state index in [1.54, 1.807) is 0 Å². The van der Waals surface area contributed by atoms with Crippen molar-refractivity contribution in [2.45, 2.75) is 12.8 Å². The zero-order chi connectivity index (χ0) is 9.68. The minimum absolute atomic E-state index is 0.251. The first-order valence-electron chi connectivity index (χ1n) is 4.67. The van der Waals surface area contributed by atoms with Crippen LogP contribution in [0.2, 0.25) is 0 Å². The van der Waals surface area contributed by atoms with Crippen molar-refractivity contribution in [2.75, 3.05) is 27.2 Å². The molecule has 1 heterocycles. The topological polar surface area (TPSA) is 29.5 Å². The summed E-state index contributed by atoms with van der Waals surface area (Å²) in [6.07, 6.45) is 5.79. The van der Waals surface area contributed by atoms with Crippen LogP contribution in [-0.2, 0) is 9.53 Å². The Kier molecular flexibility index (Phi) is 3.96. The molecule has 13 heavy (non-hydrogen) atoms. The third-order valence-corrected chi connectivity index (χ3v) is 2.47. The number of piperidine rings is 1. The predicted molar refractivity (Wildman–Crippen MR) is 51.4 cm³/mol. The number of methoxy groups -OCH3 is 1. The number of carbonyl (C=O) groups is 1. The Balaban J connectivity index is 2.29. The molecule has 0 amide bonds. The molecule has 74 valence electrons. The van der Waals surface area contributed by atoms with E-state index < -0.39 is 0 Å². The van der Waals surface area contributed by atoms with Gasteiger partial charge in [0.05, 0.1) is 7.11 Å². The number of esters is 1. The summed E-state index contributed by atoms with van der Waals surface area (Å²) in [5.41, 5.74) is 0. The lowest BCUT2D eigenvalue weighted by Gasteiger charge is -2.26. The van der Waals surface area contributed by atoms with Gasteiger partial charge in [-0.15, -0.1) is 0 Å².